The highest BCUT2D eigenvalue weighted by Crippen LogP contribution is 2.44. The van der Waals surface area contributed by atoms with Crippen LogP contribution in [-0.4, -0.2) is 16.2 Å². The van der Waals surface area contributed by atoms with Crippen molar-refractivity contribution in [1.29, 1.82) is 0 Å². The number of aromatic carboxylic acids is 1. The SMILES string of the molecule is CC(C)c1onc(C2CCC(C(C)(C)C)CC2)c1C(=O)O. The van der Waals surface area contributed by atoms with Crippen LogP contribution >= 0.6 is 0 Å². The first-order chi connectivity index (χ1) is 9.71. The van der Waals surface area contributed by atoms with Crippen molar-refractivity contribution in [2.45, 2.75) is 72.1 Å². The summed E-state index contributed by atoms with van der Waals surface area (Å²) in [4.78, 5) is 11.6. The van der Waals surface area contributed by atoms with Crippen LogP contribution in [0.3, 0.4) is 0 Å². The molecule has 2 rings (SSSR count). The molecule has 0 bridgehead atoms. The molecule has 0 spiro atoms. The molecule has 4 nitrogen and oxygen atoms in total. The summed E-state index contributed by atoms with van der Waals surface area (Å²) < 4.78 is 5.34. The van der Waals surface area contributed by atoms with E-state index in [1.165, 1.54) is 0 Å². The summed E-state index contributed by atoms with van der Waals surface area (Å²) in [6.07, 6.45) is 4.28. The molecule has 0 amide bonds. The molecule has 1 aromatic rings. The molecule has 1 aliphatic carbocycles. The zero-order valence-corrected chi connectivity index (χ0v) is 13.8. The van der Waals surface area contributed by atoms with Crippen molar-refractivity contribution in [1.82, 2.24) is 5.16 Å². The fourth-order valence-electron chi connectivity index (χ4n) is 3.44. The zero-order valence-electron chi connectivity index (χ0n) is 13.8. The van der Waals surface area contributed by atoms with Gasteiger partial charge in [0, 0.05) is 11.8 Å². The van der Waals surface area contributed by atoms with Crippen LogP contribution in [0.2, 0.25) is 0 Å². The molecule has 1 aliphatic rings. The maximum atomic E-state index is 11.6. The van der Waals surface area contributed by atoms with E-state index in [0.29, 0.717) is 28.4 Å². The van der Waals surface area contributed by atoms with E-state index < -0.39 is 5.97 Å². The number of hydrogen-bond donors (Lipinski definition) is 1. The lowest BCUT2D eigenvalue weighted by molar-refractivity contribution is 0.0691. The summed E-state index contributed by atoms with van der Waals surface area (Å²) in [6.45, 7) is 10.7. The van der Waals surface area contributed by atoms with E-state index in [9.17, 15) is 9.90 Å². The van der Waals surface area contributed by atoms with Crippen molar-refractivity contribution in [3.8, 4) is 0 Å². The molecule has 0 atom stereocenters. The zero-order chi connectivity index (χ0) is 15.8. The van der Waals surface area contributed by atoms with E-state index in [1.54, 1.807) is 0 Å². The molecule has 1 heterocycles. The normalized spacial score (nSPS) is 23.5. The Kier molecular flexibility index (Phi) is 4.45. The number of carbonyl (C=O) groups is 1. The maximum Gasteiger partial charge on any atom is 0.341 e. The Balaban J connectivity index is 2.19. The van der Waals surface area contributed by atoms with Crippen LogP contribution in [-0.2, 0) is 0 Å². The smallest absolute Gasteiger partial charge is 0.341 e. The van der Waals surface area contributed by atoms with Gasteiger partial charge in [0.05, 0.1) is 0 Å². The van der Waals surface area contributed by atoms with E-state index in [1.807, 2.05) is 13.8 Å². The second kappa shape index (κ2) is 5.82. The highest BCUT2D eigenvalue weighted by atomic mass is 16.5. The fourth-order valence-corrected chi connectivity index (χ4v) is 3.44. The van der Waals surface area contributed by atoms with Crippen molar-refractivity contribution < 1.29 is 14.4 Å². The van der Waals surface area contributed by atoms with Gasteiger partial charge in [-0.05, 0) is 37.0 Å². The summed E-state index contributed by atoms with van der Waals surface area (Å²) in [7, 11) is 0. The minimum absolute atomic E-state index is 0.0447. The lowest BCUT2D eigenvalue weighted by atomic mass is 9.69. The standard InChI is InChI=1S/C17H27NO3/c1-10(2)15-13(16(19)20)14(18-21-15)11-6-8-12(9-7-11)17(3,4)5/h10-12H,6-9H2,1-5H3,(H,19,20). The van der Waals surface area contributed by atoms with Gasteiger partial charge in [0.25, 0.3) is 0 Å². The molecule has 0 radical (unpaired) electrons. The van der Waals surface area contributed by atoms with Crippen molar-refractivity contribution in [3.05, 3.63) is 17.0 Å². The third-order valence-electron chi connectivity index (χ3n) is 4.82. The number of aromatic nitrogens is 1. The molecule has 4 heteroatoms. The molecule has 1 aromatic heterocycles. The second-order valence-electron chi connectivity index (χ2n) is 7.68. The van der Waals surface area contributed by atoms with E-state index in [4.69, 9.17) is 4.52 Å². The first kappa shape index (κ1) is 16.1. The lowest BCUT2D eigenvalue weighted by Crippen LogP contribution is -2.25. The third kappa shape index (κ3) is 3.30. The quantitative estimate of drug-likeness (QED) is 0.868. The number of nitrogens with zero attached hydrogens (tertiary/aromatic N) is 1. The summed E-state index contributed by atoms with van der Waals surface area (Å²) in [5.41, 5.74) is 1.30. The van der Waals surface area contributed by atoms with Gasteiger partial charge in [0.15, 0.2) is 5.76 Å². The van der Waals surface area contributed by atoms with Gasteiger partial charge in [-0.3, -0.25) is 0 Å². The van der Waals surface area contributed by atoms with Gasteiger partial charge >= 0.3 is 5.97 Å². The predicted octanol–water partition coefficient (Wildman–Crippen LogP) is 4.82. The van der Waals surface area contributed by atoms with E-state index in [2.05, 4.69) is 25.9 Å². The molecule has 0 aromatic carbocycles. The van der Waals surface area contributed by atoms with Crippen LogP contribution in [0.1, 0.15) is 93.9 Å². The van der Waals surface area contributed by atoms with Crippen molar-refractivity contribution in [2.75, 3.05) is 0 Å². The summed E-state index contributed by atoms with van der Waals surface area (Å²) >= 11 is 0. The van der Waals surface area contributed by atoms with Crippen LogP contribution in [0.4, 0.5) is 0 Å². The second-order valence-corrected chi connectivity index (χ2v) is 7.68. The molecule has 1 fully saturated rings. The largest absolute Gasteiger partial charge is 0.477 e. The fraction of sp³-hybridized carbons (Fsp3) is 0.765. The summed E-state index contributed by atoms with van der Waals surface area (Å²) in [5.74, 6) is 0.580. The molecule has 0 aliphatic heterocycles. The van der Waals surface area contributed by atoms with Gasteiger partial charge < -0.3 is 9.63 Å². The molecule has 118 valence electrons. The average molecular weight is 293 g/mol. The van der Waals surface area contributed by atoms with E-state index >= 15 is 0 Å². The molecule has 21 heavy (non-hydrogen) atoms. The number of hydrogen-bond acceptors (Lipinski definition) is 3. The Bertz CT molecular complexity index is 503. The van der Waals surface area contributed by atoms with Crippen molar-refractivity contribution >= 4 is 5.97 Å². The van der Waals surface area contributed by atoms with Gasteiger partial charge in [-0.25, -0.2) is 4.79 Å². The van der Waals surface area contributed by atoms with E-state index in [-0.39, 0.29) is 11.8 Å². The van der Waals surface area contributed by atoms with Gasteiger partial charge in [-0.1, -0.05) is 39.8 Å². The molecular weight excluding hydrogens is 266 g/mol. The van der Waals surface area contributed by atoms with Crippen LogP contribution in [0.15, 0.2) is 4.52 Å². The van der Waals surface area contributed by atoms with Gasteiger partial charge in [0.1, 0.15) is 11.3 Å². The molecule has 1 saturated carbocycles. The lowest BCUT2D eigenvalue weighted by Gasteiger charge is -2.36. The Morgan fingerprint density at radius 3 is 2.24 bits per heavy atom. The van der Waals surface area contributed by atoms with Gasteiger partial charge in [0.2, 0.25) is 0 Å². The molecule has 0 unspecified atom stereocenters. The Morgan fingerprint density at radius 1 is 1.24 bits per heavy atom. The molecule has 1 N–H and O–H groups in total. The predicted molar refractivity (Wildman–Crippen MR) is 81.7 cm³/mol. The number of carboxylic acid groups (broad SMARTS) is 1. The van der Waals surface area contributed by atoms with Crippen LogP contribution in [0.5, 0.6) is 0 Å². The minimum Gasteiger partial charge on any atom is -0.477 e. The minimum atomic E-state index is -0.909. The van der Waals surface area contributed by atoms with Crippen LogP contribution < -0.4 is 0 Å². The Labute approximate surface area is 126 Å². The number of carboxylic acids is 1. The maximum absolute atomic E-state index is 11.6. The average Bonchev–Trinajstić information content (AvgIpc) is 2.82. The van der Waals surface area contributed by atoms with E-state index in [0.717, 1.165) is 25.7 Å². The molecular formula is C17H27NO3. The van der Waals surface area contributed by atoms with Gasteiger partial charge in [-0.2, -0.15) is 0 Å². The topological polar surface area (TPSA) is 63.3 Å². The van der Waals surface area contributed by atoms with Crippen molar-refractivity contribution in [2.24, 2.45) is 11.3 Å². The first-order valence-electron chi connectivity index (χ1n) is 7.94. The van der Waals surface area contributed by atoms with Crippen LogP contribution in [0.25, 0.3) is 0 Å². The highest BCUT2D eigenvalue weighted by molar-refractivity contribution is 5.90. The summed E-state index contributed by atoms with van der Waals surface area (Å²) in [5, 5.41) is 13.6. The molecule has 0 saturated heterocycles. The highest BCUT2D eigenvalue weighted by Gasteiger charge is 2.35. The monoisotopic (exact) mass is 293 g/mol. The Morgan fingerprint density at radius 2 is 1.81 bits per heavy atom. The summed E-state index contributed by atoms with van der Waals surface area (Å²) in [6, 6.07) is 0. The van der Waals surface area contributed by atoms with Crippen molar-refractivity contribution in [3.63, 3.8) is 0 Å². The third-order valence-corrected chi connectivity index (χ3v) is 4.82. The van der Waals surface area contributed by atoms with Gasteiger partial charge in [-0.15, -0.1) is 0 Å². The first-order valence-corrected chi connectivity index (χ1v) is 7.94. The Hall–Kier alpha value is -1.32. The van der Waals surface area contributed by atoms with Crippen LogP contribution in [0, 0.1) is 11.3 Å². The number of rotatable bonds is 3.